The van der Waals surface area contributed by atoms with Gasteiger partial charge in [0.15, 0.2) is 0 Å². The van der Waals surface area contributed by atoms with Gasteiger partial charge in [-0.15, -0.1) is 0 Å². The second-order valence-corrected chi connectivity index (χ2v) is 6.10. The molecule has 1 aliphatic heterocycles. The molecule has 1 aromatic rings. The Bertz CT molecular complexity index is 651. The van der Waals surface area contributed by atoms with Gasteiger partial charge in [0.25, 0.3) is 0 Å². The first-order valence-electron chi connectivity index (χ1n) is 7.07. The quantitative estimate of drug-likeness (QED) is 0.794. The summed E-state index contributed by atoms with van der Waals surface area (Å²) in [5, 5.41) is 5.13. The molecule has 124 valence electrons. The molecule has 0 bridgehead atoms. The highest BCUT2D eigenvalue weighted by Gasteiger charge is 2.30. The van der Waals surface area contributed by atoms with Crippen LogP contribution in [0.25, 0.3) is 0 Å². The van der Waals surface area contributed by atoms with Gasteiger partial charge in [0.2, 0.25) is 5.91 Å². The Balaban J connectivity index is 2.11. The van der Waals surface area contributed by atoms with Crippen molar-refractivity contribution >= 4 is 23.7 Å². The van der Waals surface area contributed by atoms with Crippen molar-refractivity contribution in [1.82, 2.24) is 10.3 Å². The molecule has 2 heterocycles. The molecular formula is C15H19N3O5. The highest BCUT2D eigenvalue weighted by Crippen LogP contribution is 2.22. The van der Waals surface area contributed by atoms with Crippen molar-refractivity contribution in [3.8, 4) is 0 Å². The van der Waals surface area contributed by atoms with E-state index >= 15 is 0 Å². The van der Waals surface area contributed by atoms with Gasteiger partial charge in [0.05, 0.1) is 24.1 Å². The largest absolute Gasteiger partial charge is 0.465 e. The van der Waals surface area contributed by atoms with E-state index in [1.807, 2.05) is 0 Å². The first kappa shape index (κ1) is 16.7. The lowest BCUT2D eigenvalue weighted by Crippen LogP contribution is -2.49. The highest BCUT2D eigenvalue weighted by atomic mass is 16.6. The van der Waals surface area contributed by atoms with Gasteiger partial charge in [0, 0.05) is 12.6 Å². The summed E-state index contributed by atoms with van der Waals surface area (Å²) in [6.45, 7) is 5.20. The minimum Gasteiger partial charge on any atom is -0.465 e. The van der Waals surface area contributed by atoms with E-state index in [0.717, 1.165) is 0 Å². The molecule has 0 radical (unpaired) electrons. The fraction of sp³-hybridized carbons (Fsp3) is 0.467. The van der Waals surface area contributed by atoms with Gasteiger partial charge in [0.1, 0.15) is 11.6 Å². The average Bonchev–Trinajstić information content (AvgIpc) is 2.44. The number of anilines is 1. The van der Waals surface area contributed by atoms with Crippen LogP contribution in [0.15, 0.2) is 12.3 Å². The lowest BCUT2D eigenvalue weighted by Gasteiger charge is -2.26. The van der Waals surface area contributed by atoms with Crippen LogP contribution in [0.4, 0.5) is 10.5 Å². The maximum Gasteiger partial charge on any atom is 0.408 e. The fourth-order valence-electron chi connectivity index (χ4n) is 2.07. The fourth-order valence-corrected chi connectivity index (χ4v) is 2.07. The smallest absolute Gasteiger partial charge is 0.408 e. The lowest BCUT2D eigenvalue weighted by molar-refractivity contribution is -0.118. The highest BCUT2D eigenvalue weighted by molar-refractivity contribution is 6.00. The van der Waals surface area contributed by atoms with Crippen molar-refractivity contribution in [2.75, 3.05) is 12.4 Å². The summed E-state index contributed by atoms with van der Waals surface area (Å²) in [7, 11) is 1.27. The molecule has 0 saturated heterocycles. The maximum atomic E-state index is 12.1. The van der Waals surface area contributed by atoms with Gasteiger partial charge in [-0.3, -0.25) is 9.78 Å². The van der Waals surface area contributed by atoms with Crippen LogP contribution in [0.3, 0.4) is 0 Å². The topological polar surface area (TPSA) is 107 Å². The van der Waals surface area contributed by atoms with Crippen molar-refractivity contribution in [2.24, 2.45) is 0 Å². The SMILES string of the molecule is COC(=O)c1cnc2c(c1)NC(=O)C(NC(=O)OC(C)(C)C)C2. The third kappa shape index (κ3) is 4.18. The van der Waals surface area contributed by atoms with E-state index in [1.165, 1.54) is 19.4 Å². The third-order valence-corrected chi connectivity index (χ3v) is 3.05. The monoisotopic (exact) mass is 321 g/mol. The van der Waals surface area contributed by atoms with Crippen LogP contribution in [-0.4, -0.2) is 41.7 Å². The number of aromatic nitrogens is 1. The number of alkyl carbamates (subject to hydrolysis) is 1. The van der Waals surface area contributed by atoms with Gasteiger partial charge < -0.3 is 20.1 Å². The van der Waals surface area contributed by atoms with Gasteiger partial charge in [-0.1, -0.05) is 0 Å². The summed E-state index contributed by atoms with van der Waals surface area (Å²) in [6.07, 6.45) is 0.904. The zero-order valence-corrected chi connectivity index (χ0v) is 13.4. The molecule has 2 rings (SSSR count). The Hall–Kier alpha value is -2.64. The molecular weight excluding hydrogens is 302 g/mol. The molecule has 0 aromatic carbocycles. The molecule has 1 atom stereocenters. The first-order valence-corrected chi connectivity index (χ1v) is 7.07. The summed E-state index contributed by atoms with van der Waals surface area (Å²) >= 11 is 0. The van der Waals surface area contributed by atoms with Gasteiger partial charge in [-0.25, -0.2) is 9.59 Å². The average molecular weight is 321 g/mol. The summed E-state index contributed by atoms with van der Waals surface area (Å²) in [4.78, 5) is 39.5. The van der Waals surface area contributed by atoms with E-state index in [1.54, 1.807) is 20.8 Å². The van der Waals surface area contributed by atoms with E-state index in [-0.39, 0.29) is 12.0 Å². The summed E-state index contributed by atoms with van der Waals surface area (Å²) < 4.78 is 9.74. The van der Waals surface area contributed by atoms with E-state index < -0.39 is 29.6 Å². The molecule has 2 N–H and O–H groups in total. The van der Waals surface area contributed by atoms with Gasteiger partial charge >= 0.3 is 12.1 Å². The molecule has 0 spiro atoms. The van der Waals surface area contributed by atoms with Crippen LogP contribution in [0.1, 0.15) is 36.8 Å². The Morgan fingerprint density at radius 3 is 2.70 bits per heavy atom. The lowest BCUT2D eigenvalue weighted by atomic mass is 10.0. The number of amides is 2. The normalized spacial score (nSPS) is 16.9. The number of pyridine rings is 1. The maximum absolute atomic E-state index is 12.1. The molecule has 8 heteroatoms. The van der Waals surface area contributed by atoms with Crippen LogP contribution < -0.4 is 10.6 Å². The predicted molar refractivity (Wildman–Crippen MR) is 81.1 cm³/mol. The van der Waals surface area contributed by atoms with Gasteiger partial charge in [-0.2, -0.15) is 0 Å². The molecule has 2 amide bonds. The number of esters is 1. The Kier molecular flexibility index (Phi) is 4.53. The van der Waals surface area contributed by atoms with E-state index in [2.05, 4.69) is 20.4 Å². The van der Waals surface area contributed by atoms with Crippen LogP contribution >= 0.6 is 0 Å². The summed E-state index contributed by atoms with van der Waals surface area (Å²) in [5.41, 5.74) is 0.587. The number of nitrogens with zero attached hydrogens (tertiary/aromatic N) is 1. The number of hydrogen-bond donors (Lipinski definition) is 2. The number of carbonyl (C=O) groups excluding carboxylic acids is 3. The molecule has 0 saturated carbocycles. The van der Waals surface area contributed by atoms with Crippen LogP contribution in [0, 0.1) is 0 Å². The minimum atomic E-state index is -0.783. The molecule has 0 fully saturated rings. The predicted octanol–water partition coefficient (Wildman–Crippen LogP) is 1.26. The van der Waals surface area contributed by atoms with Crippen LogP contribution in [0.2, 0.25) is 0 Å². The molecule has 1 unspecified atom stereocenters. The van der Waals surface area contributed by atoms with Crippen molar-refractivity contribution in [1.29, 1.82) is 0 Å². The second kappa shape index (κ2) is 6.23. The molecule has 1 aromatic heterocycles. The standard InChI is InChI=1S/C15H19N3O5/c1-15(2,3)23-14(21)18-11-6-9-10(17-12(11)19)5-8(7-16-9)13(20)22-4/h5,7,11H,6H2,1-4H3,(H,17,19)(H,18,21). The van der Waals surface area contributed by atoms with E-state index in [9.17, 15) is 14.4 Å². The summed E-state index contributed by atoms with van der Waals surface area (Å²) in [5.74, 6) is -0.935. The third-order valence-electron chi connectivity index (χ3n) is 3.05. The Morgan fingerprint density at radius 1 is 1.39 bits per heavy atom. The number of hydrogen-bond acceptors (Lipinski definition) is 6. The van der Waals surface area contributed by atoms with Crippen LogP contribution in [0.5, 0.6) is 0 Å². The number of rotatable bonds is 2. The Morgan fingerprint density at radius 2 is 2.09 bits per heavy atom. The molecule has 23 heavy (non-hydrogen) atoms. The Labute approximate surface area is 133 Å². The van der Waals surface area contributed by atoms with Crippen molar-refractivity contribution < 1.29 is 23.9 Å². The molecule has 1 aliphatic rings. The first-order chi connectivity index (χ1) is 10.7. The number of fused-ring (bicyclic) bond motifs is 1. The van der Waals surface area contributed by atoms with Crippen LogP contribution in [-0.2, 0) is 20.7 Å². The molecule has 8 nitrogen and oxygen atoms in total. The second-order valence-electron chi connectivity index (χ2n) is 6.10. The minimum absolute atomic E-state index is 0.210. The number of methoxy groups -OCH3 is 1. The zero-order valence-electron chi connectivity index (χ0n) is 13.4. The van der Waals surface area contributed by atoms with Crippen molar-refractivity contribution in [3.05, 3.63) is 23.5 Å². The summed E-state index contributed by atoms with van der Waals surface area (Å²) in [6, 6.07) is 0.712. The van der Waals surface area contributed by atoms with Crippen molar-refractivity contribution in [2.45, 2.75) is 38.8 Å². The number of carbonyl (C=O) groups is 3. The zero-order chi connectivity index (χ0) is 17.2. The van der Waals surface area contributed by atoms with E-state index in [4.69, 9.17) is 4.74 Å². The molecule has 0 aliphatic carbocycles. The van der Waals surface area contributed by atoms with Gasteiger partial charge in [-0.05, 0) is 26.8 Å². The van der Waals surface area contributed by atoms with E-state index in [0.29, 0.717) is 11.4 Å². The number of nitrogens with one attached hydrogen (secondary N) is 2. The van der Waals surface area contributed by atoms with Crippen molar-refractivity contribution in [3.63, 3.8) is 0 Å². The number of ether oxygens (including phenoxy) is 2.